The van der Waals surface area contributed by atoms with Gasteiger partial charge in [-0.05, 0) is 51.0 Å². The monoisotopic (exact) mass is 292 g/mol. The van der Waals surface area contributed by atoms with E-state index >= 15 is 0 Å². The maximum Gasteiger partial charge on any atom is 0.239 e. The minimum Gasteiger partial charge on any atom is -0.353 e. The van der Waals surface area contributed by atoms with E-state index in [9.17, 15) is 4.79 Å². The Labute approximate surface area is 126 Å². The summed E-state index contributed by atoms with van der Waals surface area (Å²) in [7, 11) is 0. The Morgan fingerprint density at radius 2 is 2.05 bits per heavy atom. The van der Waals surface area contributed by atoms with Gasteiger partial charge in [-0.2, -0.15) is 0 Å². The van der Waals surface area contributed by atoms with Gasteiger partial charge in [0.1, 0.15) is 0 Å². The van der Waals surface area contributed by atoms with E-state index < -0.39 is 0 Å². The van der Waals surface area contributed by atoms with Gasteiger partial charge in [0.25, 0.3) is 0 Å². The summed E-state index contributed by atoms with van der Waals surface area (Å²) in [5, 5.41) is 2.94. The van der Waals surface area contributed by atoms with Gasteiger partial charge < -0.3 is 5.32 Å². The van der Waals surface area contributed by atoms with Crippen molar-refractivity contribution in [2.75, 3.05) is 25.4 Å². The molecule has 4 heteroatoms. The number of amides is 1. The number of carbonyl (C=O) groups excluding carboxylic acids is 1. The number of hydrogen-bond acceptors (Lipinski definition) is 3. The molecule has 3 nitrogen and oxygen atoms in total. The van der Waals surface area contributed by atoms with Crippen LogP contribution in [0.2, 0.25) is 0 Å². The van der Waals surface area contributed by atoms with Crippen molar-refractivity contribution in [1.82, 2.24) is 10.2 Å². The largest absolute Gasteiger partial charge is 0.353 e. The maximum atomic E-state index is 11.9. The molecule has 1 aliphatic heterocycles. The zero-order valence-electron chi connectivity index (χ0n) is 12.8. The van der Waals surface area contributed by atoms with Crippen LogP contribution in [0.25, 0.3) is 0 Å². The number of hydrogen-bond donors (Lipinski definition) is 1. The molecule has 2 rings (SSSR count). The van der Waals surface area contributed by atoms with E-state index in [2.05, 4.69) is 42.3 Å². The van der Waals surface area contributed by atoms with Crippen LogP contribution in [0, 0.1) is 13.8 Å². The molecule has 0 unspecified atom stereocenters. The SMILES string of the molecule is Cc1ccc(SCCN2CCNC(=O)C2(C)C)cc1C. The summed E-state index contributed by atoms with van der Waals surface area (Å²) in [5.74, 6) is 1.15. The van der Waals surface area contributed by atoms with E-state index in [4.69, 9.17) is 0 Å². The van der Waals surface area contributed by atoms with Gasteiger partial charge in [0, 0.05) is 30.3 Å². The Morgan fingerprint density at radius 1 is 1.30 bits per heavy atom. The van der Waals surface area contributed by atoms with Crippen LogP contribution in [0.3, 0.4) is 0 Å². The van der Waals surface area contributed by atoms with Crippen molar-refractivity contribution in [2.45, 2.75) is 38.1 Å². The van der Waals surface area contributed by atoms with Crippen LogP contribution in [0.5, 0.6) is 0 Å². The highest BCUT2D eigenvalue weighted by Gasteiger charge is 2.36. The molecule has 0 radical (unpaired) electrons. The standard InChI is InChI=1S/C16H24N2OS/c1-12-5-6-14(11-13(12)2)20-10-9-18-8-7-17-15(19)16(18,3)4/h5-6,11H,7-10H2,1-4H3,(H,17,19). The Hall–Kier alpha value is -1.00. The zero-order chi connectivity index (χ0) is 14.8. The summed E-state index contributed by atoms with van der Waals surface area (Å²) in [4.78, 5) is 15.5. The van der Waals surface area contributed by atoms with Crippen LogP contribution in [0.1, 0.15) is 25.0 Å². The molecule has 1 N–H and O–H groups in total. The highest BCUT2D eigenvalue weighted by molar-refractivity contribution is 7.99. The predicted molar refractivity (Wildman–Crippen MR) is 85.3 cm³/mol. The maximum absolute atomic E-state index is 11.9. The summed E-state index contributed by atoms with van der Waals surface area (Å²) in [6.45, 7) is 10.9. The number of piperazine rings is 1. The van der Waals surface area contributed by atoms with E-state index in [1.807, 2.05) is 25.6 Å². The van der Waals surface area contributed by atoms with Crippen molar-refractivity contribution in [3.05, 3.63) is 29.3 Å². The second-order valence-corrected chi connectivity index (χ2v) is 7.06. The molecule has 1 saturated heterocycles. The first-order valence-corrected chi connectivity index (χ1v) is 8.13. The number of carbonyl (C=O) groups is 1. The summed E-state index contributed by atoms with van der Waals surface area (Å²) in [5.41, 5.74) is 2.29. The molecule has 1 heterocycles. The quantitative estimate of drug-likeness (QED) is 0.866. The fourth-order valence-corrected chi connectivity index (χ4v) is 3.38. The van der Waals surface area contributed by atoms with Gasteiger partial charge in [-0.25, -0.2) is 0 Å². The fraction of sp³-hybridized carbons (Fsp3) is 0.562. The number of aryl methyl sites for hydroxylation is 2. The number of rotatable bonds is 4. The lowest BCUT2D eigenvalue weighted by Gasteiger charge is -2.41. The molecule has 0 spiro atoms. The Kier molecular flexibility index (Phi) is 4.76. The third-order valence-corrected chi connectivity index (χ3v) is 5.10. The predicted octanol–water partition coefficient (Wildman–Crippen LogP) is 2.61. The number of nitrogens with one attached hydrogen (secondary N) is 1. The lowest BCUT2D eigenvalue weighted by atomic mass is 9.99. The average Bonchev–Trinajstić information content (AvgIpc) is 2.39. The first kappa shape index (κ1) is 15.4. The highest BCUT2D eigenvalue weighted by atomic mass is 32.2. The molecule has 0 aliphatic carbocycles. The van der Waals surface area contributed by atoms with Crippen LogP contribution in [-0.2, 0) is 4.79 Å². The van der Waals surface area contributed by atoms with Gasteiger partial charge in [-0.15, -0.1) is 11.8 Å². The lowest BCUT2D eigenvalue weighted by molar-refractivity contribution is -0.134. The van der Waals surface area contributed by atoms with Crippen LogP contribution in [-0.4, -0.2) is 41.7 Å². The van der Waals surface area contributed by atoms with E-state index in [0.717, 1.165) is 25.4 Å². The fourth-order valence-electron chi connectivity index (χ4n) is 2.41. The van der Waals surface area contributed by atoms with Crippen molar-refractivity contribution in [2.24, 2.45) is 0 Å². The third kappa shape index (κ3) is 3.36. The van der Waals surface area contributed by atoms with Crippen LogP contribution < -0.4 is 5.32 Å². The first-order chi connectivity index (χ1) is 9.41. The molecular weight excluding hydrogens is 268 g/mol. The normalized spacial score (nSPS) is 18.9. The summed E-state index contributed by atoms with van der Waals surface area (Å²) >= 11 is 1.87. The van der Waals surface area contributed by atoms with Crippen LogP contribution in [0.15, 0.2) is 23.1 Å². The summed E-state index contributed by atoms with van der Waals surface area (Å²) in [6, 6.07) is 6.60. The van der Waals surface area contributed by atoms with E-state index in [1.165, 1.54) is 16.0 Å². The van der Waals surface area contributed by atoms with E-state index in [1.54, 1.807) is 0 Å². The Bertz CT molecular complexity index is 499. The summed E-state index contributed by atoms with van der Waals surface area (Å²) < 4.78 is 0. The van der Waals surface area contributed by atoms with Crippen molar-refractivity contribution in [3.63, 3.8) is 0 Å². The smallest absolute Gasteiger partial charge is 0.239 e. The average molecular weight is 292 g/mol. The molecule has 1 aromatic rings. The van der Waals surface area contributed by atoms with Crippen LogP contribution >= 0.6 is 11.8 Å². The number of benzene rings is 1. The molecule has 110 valence electrons. The minimum absolute atomic E-state index is 0.139. The molecule has 1 aromatic carbocycles. The third-order valence-electron chi connectivity index (χ3n) is 4.12. The van der Waals surface area contributed by atoms with Gasteiger partial charge in [0.15, 0.2) is 0 Å². The zero-order valence-corrected chi connectivity index (χ0v) is 13.6. The van der Waals surface area contributed by atoms with Gasteiger partial charge in [-0.1, -0.05) is 6.07 Å². The molecule has 0 aromatic heterocycles. The molecule has 0 saturated carbocycles. The topological polar surface area (TPSA) is 32.3 Å². The number of thioether (sulfide) groups is 1. The van der Waals surface area contributed by atoms with Crippen molar-refractivity contribution < 1.29 is 4.79 Å². The van der Waals surface area contributed by atoms with Crippen molar-refractivity contribution >= 4 is 17.7 Å². The number of nitrogens with zero attached hydrogens (tertiary/aromatic N) is 1. The van der Waals surface area contributed by atoms with Gasteiger partial charge >= 0.3 is 0 Å². The second-order valence-electron chi connectivity index (χ2n) is 5.90. The van der Waals surface area contributed by atoms with Gasteiger partial charge in [-0.3, -0.25) is 9.69 Å². The Morgan fingerprint density at radius 3 is 2.75 bits per heavy atom. The lowest BCUT2D eigenvalue weighted by Crippen LogP contribution is -2.62. The van der Waals surface area contributed by atoms with Gasteiger partial charge in [0.2, 0.25) is 5.91 Å². The molecule has 1 fully saturated rings. The molecular formula is C16H24N2OS. The first-order valence-electron chi connectivity index (χ1n) is 7.14. The van der Waals surface area contributed by atoms with Gasteiger partial charge in [0.05, 0.1) is 5.54 Å². The molecule has 1 aliphatic rings. The second kappa shape index (κ2) is 6.19. The Balaban J connectivity index is 1.89. The molecule has 0 bridgehead atoms. The molecule has 20 heavy (non-hydrogen) atoms. The molecule has 1 amide bonds. The highest BCUT2D eigenvalue weighted by Crippen LogP contribution is 2.23. The van der Waals surface area contributed by atoms with E-state index in [-0.39, 0.29) is 11.4 Å². The van der Waals surface area contributed by atoms with Crippen molar-refractivity contribution in [1.29, 1.82) is 0 Å². The van der Waals surface area contributed by atoms with E-state index in [0.29, 0.717) is 0 Å². The molecule has 0 atom stereocenters. The van der Waals surface area contributed by atoms with Crippen molar-refractivity contribution in [3.8, 4) is 0 Å². The minimum atomic E-state index is -0.387. The summed E-state index contributed by atoms with van der Waals surface area (Å²) in [6.07, 6.45) is 0. The van der Waals surface area contributed by atoms with Crippen LogP contribution in [0.4, 0.5) is 0 Å².